The highest BCUT2D eigenvalue weighted by atomic mass is 32.2. The molecule has 1 aromatic carbocycles. The van der Waals surface area contributed by atoms with Crippen LogP contribution in [-0.2, 0) is 5.75 Å². The van der Waals surface area contributed by atoms with Crippen molar-refractivity contribution in [3.05, 3.63) is 47.8 Å². The number of nitrogens with zero attached hydrogens (tertiary/aromatic N) is 4. The maximum Gasteiger partial charge on any atom is 0.192 e. The zero-order valence-electron chi connectivity index (χ0n) is 15.6. The molecule has 2 heterocycles. The molecule has 0 aliphatic carbocycles. The van der Waals surface area contributed by atoms with Crippen LogP contribution in [0.1, 0.15) is 25.8 Å². The minimum atomic E-state index is -0.884. The molecule has 0 unspecified atom stereocenters. The smallest absolute Gasteiger partial charge is 0.192 e. The molecule has 0 radical (unpaired) electrons. The van der Waals surface area contributed by atoms with Crippen LogP contribution < -0.4 is 5.32 Å². The highest BCUT2D eigenvalue weighted by Gasteiger charge is 2.16. The number of aliphatic hydroxyl groups is 1. The summed E-state index contributed by atoms with van der Waals surface area (Å²) < 4.78 is 27.3. The molecule has 0 aliphatic heterocycles. The van der Waals surface area contributed by atoms with Crippen molar-refractivity contribution in [2.75, 3.05) is 11.9 Å². The van der Waals surface area contributed by atoms with Gasteiger partial charge in [-0.05, 0) is 18.4 Å². The third kappa shape index (κ3) is 4.90. The lowest BCUT2D eigenvalue weighted by molar-refractivity contribution is 0.259. The van der Waals surface area contributed by atoms with Crippen LogP contribution >= 0.6 is 11.8 Å². The molecule has 0 spiro atoms. The van der Waals surface area contributed by atoms with E-state index < -0.39 is 11.6 Å². The summed E-state index contributed by atoms with van der Waals surface area (Å²) in [5.41, 5.74) is 1.12. The minimum Gasteiger partial charge on any atom is -0.394 e. The Kier molecular flexibility index (Phi) is 6.69. The highest BCUT2D eigenvalue weighted by Crippen LogP contribution is 2.26. The van der Waals surface area contributed by atoms with Gasteiger partial charge in [0.1, 0.15) is 0 Å². The van der Waals surface area contributed by atoms with Gasteiger partial charge in [0, 0.05) is 23.7 Å². The monoisotopic (exact) mass is 405 g/mol. The first-order valence-corrected chi connectivity index (χ1v) is 9.88. The molecule has 0 bridgehead atoms. The molecule has 0 saturated heterocycles. The lowest BCUT2D eigenvalue weighted by atomic mass is 10.0. The van der Waals surface area contributed by atoms with Crippen LogP contribution in [0.15, 0.2) is 35.7 Å². The molecule has 3 aromatic rings. The predicted molar refractivity (Wildman–Crippen MR) is 105 cm³/mol. The van der Waals surface area contributed by atoms with E-state index in [0.29, 0.717) is 28.1 Å². The van der Waals surface area contributed by atoms with Gasteiger partial charge in [-0.25, -0.2) is 28.7 Å². The first-order chi connectivity index (χ1) is 13.5. The fourth-order valence-electron chi connectivity index (χ4n) is 2.75. The van der Waals surface area contributed by atoms with Crippen molar-refractivity contribution < 1.29 is 13.9 Å². The first-order valence-electron chi connectivity index (χ1n) is 8.89. The van der Waals surface area contributed by atoms with E-state index in [9.17, 15) is 13.9 Å². The molecule has 0 aliphatic rings. The van der Waals surface area contributed by atoms with Gasteiger partial charge in [0.05, 0.1) is 12.6 Å². The third-order valence-electron chi connectivity index (χ3n) is 4.02. The van der Waals surface area contributed by atoms with E-state index in [2.05, 4.69) is 39.1 Å². The quantitative estimate of drug-likeness (QED) is 0.435. The van der Waals surface area contributed by atoms with Gasteiger partial charge in [-0.2, -0.15) is 0 Å². The summed E-state index contributed by atoms with van der Waals surface area (Å²) in [5, 5.41) is 13.2. The van der Waals surface area contributed by atoms with Crippen molar-refractivity contribution in [3.8, 4) is 0 Å². The van der Waals surface area contributed by atoms with Crippen LogP contribution in [0.4, 0.5) is 14.6 Å². The molecule has 0 saturated carbocycles. The van der Waals surface area contributed by atoms with E-state index in [1.54, 1.807) is 6.20 Å². The average Bonchev–Trinajstić information content (AvgIpc) is 2.68. The third-order valence-corrected chi connectivity index (χ3v) is 4.91. The van der Waals surface area contributed by atoms with Crippen molar-refractivity contribution in [3.63, 3.8) is 0 Å². The molecule has 0 fully saturated rings. The summed E-state index contributed by atoms with van der Waals surface area (Å²) >= 11 is 1.17. The van der Waals surface area contributed by atoms with Crippen LogP contribution in [0.5, 0.6) is 0 Å². The number of aromatic nitrogens is 4. The molecule has 148 valence electrons. The van der Waals surface area contributed by atoms with Crippen molar-refractivity contribution in [2.45, 2.75) is 37.2 Å². The Bertz CT molecular complexity index is 957. The second-order valence-corrected chi connectivity index (χ2v) is 7.68. The minimum absolute atomic E-state index is 0.0546. The fourth-order valence-corrected chi connectivity index (χ4v) is 3.57. The van der Waals surface area contributed by atoms with E-state index >= 15 is 0 Å². The van der Waals surface area contributed by atoms with Gasteiger partial charge in [-0.15, -0.1) is 0 Å². The number of aliphatic hydroxyl groups excluding tert-OH is 1. The molecule has 2 N–H and O–H groups in total. The maximum absolute atomic E-state index is 13.9. The molecule has 28 heavy (non-hydrogen) atoms. The van der Waals surface area contributed by atoms with E-state index in [-0.39, 0.29) is 24.0 Å². The number of hydrogen-bond donors (Lipinski definition) is 2. The number of thioether (sulfide) groups is 1. The first kappa shape index (κ1) is 20.3. The van der Waals surface area contributed by atoms with Crippen molar-refractivity contribution in [1.29, 1.82) is 0 Å². The van der Waals surface area contributed by atoms with E-state index in [1.165, 1.54) is 30.1 Å². The normalized spacial score (nSPS) is 12.5. The zero-order chi connectivity index (χ0) is 20.1. The fraction of sp³-hybridized carbons (Fsp3) is 0.368. The van der Waals surface area contributed by atoms with Crippen molar-refractivity contribution in [1.82, 2.24) is 19.9 Å². The van der Waals surface area contributed by atoms with Crippen LogP contribution in [-0.4, -0.2) is 37.7 Å². The van der Waals surface area contributed by atoms with Crippen molar-refractivity contribution >= 4 is 28.7 Å². The Hall–Kier alpha value is -2.39. The summed E-state index contributed by atoms with van der Waals surface area (Å²) in [6, 6.07) is 3.87. The molecule has 3 rings (SSSR count). The predicted octanol–water partition coefficient (Wildman–Crippen LogP) is 3.81. The van der Waals surface area contributed by atoms with Gasteiger partial charge >= 0.3 is 0 Å². The summed E-state index contributed by atoms with van der Waals surface area (Å²) in [6.45, 7) is 4.08. The summed E-state index contributed by atoms with van der Waals surface area (Å²) in [5.74, 6) is -0.741. The molecule has 2 aromatic heterocycles. The number of hydrogen-bond acceptors (Lipinski definition) is 7. The van der Waals surface area contributed by atoms with Gasteiger partial charge in [0.2, 0.25) is 0 Å². The average molecular weight is 405 g/mol. The Balaban J connectivity index is 1.88. The second kappa shape index (κ2) is 9.20. The molecular formula is C19H21F2N5OS. The summed E-state index contributed by atoms with van der Waals surface area (Å²) in [6.07, 6.45) is 3.82. The van der Waals surface area contributed by atoms with Crippen molar-refractivity contribution in [2.24, 2.45) is 5.92 Å². The van der Waals surface area contributed by atoms with Gasteiger partial charge in [-0.3, -0.25) is 0 Å². The highest BCUT2D eigenvalue weighted by molar-refractivity contribution is 7.98. The summed E-state index contributed by atoms with van der Waals surface area (Å²) in [4.78, 5) is 17.3. The number of fused-ring (bicyclic) bond motifs is 1. The molecule has 0 amide bonds. The largest absolute Gasteiger partial charge is 0.394 e. The Morgan fingerprint density at radius 1 is 1.14 bits per heavy atom. The standard InChI is InChI=1S/C19H21F2N5OS/c1-11(2)8-13(9-27)24-18-16-17(23-7-6-22-16)25-19(26-18)28-10-12-4-3-5-14(20)15(12)21/h3-7,11,13,27H,8-10H2,1-2H3,(H,23,24,25,26)/t13-/m1/s1. The SMILES string of the molecule is CC(C)C[C@H](CO)Nc1nc(SCc2cccc(F)c2F)nc2nccnc12. The molecule has 9 heteroatoms. The maximum atomic E-state index is 13.9. The number of rotatable bonds is 8. The Labute approximate surface area is 165 Å². The van der Waals surface area contributed by atoms with Gasteiger partial charge in [0.25, 0.3) is 0 Å². The second-order valence-electron chi connectivity index (χ2n) is 6.74. The Morgan fingerprint density at radius 3 is 2.68 bits per heavy atom. The van der Waals surface area contributed by atoms with Crippen LogP contribution in [0.25, 0.3) is 11.2 Å². The van der Waals surface area contributed by atoms with Gasteiger partial charge in [-0.1, -0.05) is 37.7 Å². The van der Waals surface area contributed by atoms with E-state index in [0.717, 1.165) is 12.5 Å². The zero-order valence-corrected chi connectivity index (χ0v) is 16.4. The van der Waals surface area contributed by atoms with Gasteiger partial charge < -0.3 is 10.4 Å². The van der Waals surface area contributed by atoms with Crippen LogP contribution in [0, 0.1) is 17.6 Å². The molecule has 1 atom stereocenters. The number of halogens is 2. The number of benzene rings is 1. The molecular weight excluding hydrogens is 384 g/mol. The lowest BCUT2D eigenvalue weighted by Gasteiger charge is -2.19. The number of nitrogens with one attached hydrogen (secondary N) is 1. The van der Waals surface area contributed by atoms with E-state index in [1.807, 2.05) is 0 Å². The number of anilines is 1. The van der Waals surface area contributed by atoms with Crippen LogP contribution in [0.2, 0.25) is 0 Å². The van der Waals surface area contributed by atoms with E-state index in [4.69, 9.17) is 0 Å². The topological polar surface area (TPSA) is 83.8 Å². The Morgan fingerprint density at radius 2 is 1.93 bits per heavy atom. The lowest BCUT2D eigenvalue weighted by Crippen LogP contribution is -2.26. The summed E-state index contributed by atoms with van der Waals surface area (Å²) in [7, 11) is 0. The van der Waals surface area contributed by atoms with Gasteiger partial charge in [0.15, 0.2) is 33.8 Å². The van der Waals surface area contributed by atoms with Crippen LogP contribution in [0.3, 0.4) is 0 Å². The molecule has 6 nitrogen and oxygen atoms in total.